The van der Waals surface area contributed by atoms with Gasteiger partial charge in [-0.1, -0.05) is 34.1 Å². The fourth-order valence-corrected chi connectivity index (χ4v) is 3.38. The van der Waals surface area contributed by atoms with Gasteiger partial charge in [0.05, 0.1) is 4.88 Å². The van der Waals surface area contributed by atoms with E-state index in [1.807, 2.05) is 6.07 Å². The lowest BCUT2D eigenvalue weighted by Crippen LogP contribution is -2.33. The molecule has 0 spiro atoms. The van der Waals surface area contributed by atoms with Crippen LogP contribution in [0.15, 0.2) is 46.3 Å². The lowest BCUT2D eigenvalue weighted by atomic mass is 10.1. The molecule has 1 saturated heterocycles. The molecule has 5 nitrogen and oxygen atoms in total. The summed E-state index contributed by atoms with van der Waals surface area (Å²) in [5.41, 5.74) is 0.669. The minimum atomic E-state index is -0.801. The van der Waals surface area contributed by atoms with Gasteiger partial charge in [0.15, 0.2) is 6.17 Å². The van der Waals surface area contributed by atoms with Crippen molar-refractivity contribution >= 4 is 39.1 Å². The number of amides is 2. The zero-order chi connectivity index (χ0) is 15.0. The number of halogens is 1. The Labute approximate surface area is 133 Å². The third-order valence-electron chi connectivity index (χ3n) is 3.23. The van der Waals surface area contributed by atoms with E-state index in [0.29, 0.717) is 15.5 Å². The van der Waals surface area contributed by atoms with Crippen LogP contribution in [0.5, 0.6) is 0 Å². The molecule has 1 atom stereocenters. The van der Waals surface area contributed by atoms with Gasteiger partial charge in [0.1, 0.15) is 6.54 Å². The van der Waals surface area contributed by atoms with Crippen LogP contribution in [0.1, 0.15) is 21.4 Å². The highest BCUT2D eigenvalue weighted by Crippen LogP contribution is 2.32. The lowest BCUT2D eigenvalue weighted by molar-refractivity contribution is -0.168. The second-order valence-corrected chi connectivity index (χ2v) is 6.44. The molecule has 1 aromatic carbocycles. The predicted octanol–water partition coefficient (Wildman–Crippen LogP) is 2.88. The van der Waals surface area contributed by atoms with Gasteiger partial charge in [0.2, 0.25) is 0 Å². The van der Waals surface area contributed by atoms with E-state index in [4.69, 9.17) is 0 Å². The van der Waals surface area contributed by atoms with Gasteiger partial charge in [0.25, 0.3) is 11.8 Å². The number of benzene rings is 1. The predicted molar refractivity (Wildman–Crippen MR) is 80.9 cm³/mol. The maximum Gasteiger partial charge on any atom is 0.267 e. The highest BCUT2D eigenvalue weighted by Gasteiger charge is 2.41. The van der Waals surface area contributed by atoms with Crippen LogP contribution in [0.25, 0.3) is 0 Å². The molecule has 1 fully saturated rings. The maximum absolute atomic E-state index is 12.5. The monoisotopic (exact) mass is 366 g/mol. The van der Waals surface area contributed by atoms with Gasteiger partial charge < -0.3 is 4.90 Å². The second kappa shape index (κ2) is 5.59. The molecule has 2 heterocycles. The van der Waals surface area contributed by atoms with Crippen LogP contribution in [0, 0.1) is 0 Å². The van der Waals surface area contributed by atoms with Crippen LogP contribution in [0.3, 0.4) is 0 Å². The first kappa shape index (κ1) is 14.2. The lowest BCUT2D eigenvalue weighted by Gasteiger charge is -2.26. The summed E-state index contributed by atoms with van der Waals surface area (Å²) in [6, 6.07) is 10.7. The first-order valence-corrected chi connectivity index (χ1v) is 7.86. The van der Waals surface area contributed by atoms with Crippen molar-refractivity contribution in [2.75, 3.05) is 6.54 Å². The van der Waals surface area contributed by atoms with E-state index in [-0.39, 0.29) is 12.5 Å². The number of carbonyl (C=O) groups is 2. The number of hydrogen-bond acceptors (Lipinski definition) is 4. The Morgan fingerprint density at radius 3 is 2.81 bits per heavy atom. The summed E-state index contributed by atoms with van der Waals surface area (Å²) in [4.78, 5) is 26.2. The third kappa shape index (κ3) is 2.59. The molecule has 1 unspecified atom stereocenters. The Hall–Kier alpha value is -1.70. The van der Waals surface area contributed by atoms with Gasteiger partial charge in [-0.05, 0) is 29.1 Å². The Bertz CT molecular complexity index is 689. The molecule has 2 aromatic rings. The van der Waals surface area contributed by atoms with Crippen LogP contribution in [-0.2, 0) is 4.79 Å². The number of rotatable bonds is 2. The number of thiophene rings is 1. The van der Waals surface area contributed by atoms with E-state index in [1.54, 1.807) is 35.7 Å². The normalized spacial score (nSPS) is 18.4. The minimum Gasteiger partial charge on any atom is -0.302 e. The Morgan fingerprint density at radius 1 is 1.33 bits per heavy atom. The zero-order valence-corrected chi connectivity index (χ0v) is 13.2. The molecule has 0 aliphatic carbocycles. The molecule has 1 N–H and O–H groups in total. The molecule has 0 radical (unpaired) electrons. The van der Waals surface area contributed by atoms with E-state index in [1.165, 1.54) is 16.2 Å². The summed E-state index contributed by atoms with van der Waals surface area (Å²) >= 11 is 4.66. The SMILES string of the molecule is O=C1CN(C(=O)c2cccs2)C(c2cccc(Br)c2)N1O. The Kier molecular flexibility index (Phi) is 3.79. The average molecular weight is 367 g/mol. The van der Waals surface area contributed by atoms with Gasteiger partial charge in [-0.15, -0.1) is 11.3 Å². The molecule has 1 aromatic heterocycles. The van der Waals surface area contributed by atoms with E-state index < -0.39 is 12.1 Å². The largest absolute Gasteiger partial charge is 0.302 e. The minimum absolute atomic E-state index is 0.135. The smallest absolute Gasteiger partial charge is 0.267 e. The average Bonchev–Trinajstić information content (AvgIpc) is 3.08. The molecular formula is C14H11BrN2O3S. The quantitative estimate of drug-likeness (QED) is 0.831. The van der Waals surface area contributed by atoms with Crippen molar-refractivity contribution in [1.82, 2.24) is 9.96 Å². The standard InChI is InChI=1S/C14H11BrN2O3S/c15-10-4-1-3-9(7-10)13-16(8-12(18)17(13)20)14(19)11-5-2-6-21-11/h1-7,13,20H,8H2. The van der Waals surface area contributed by atoms with Crippen molar-refractivity contribution in [3.8, 4) is 0 Å². The summed E-state index contributed by atoms with van der Waals surface area (Å²) < 4.78 is 0.816. The fourth-order valence-electron chi connectivity index (χ4n) is 2.29. The summed E-state index contributed by atoms with van der Waals surface area (Å²) in [6.07, 6.45) is -0.801. The highest BCUT2D eigenvalue weighted by molar-refractivity contribution is 9.10. The van der Waals surface area contributed by atoms with Crippen molar-refractivity contribution in [2.45, 2.75) is 6.17 Å². The summed E-state index contributed by atoms with van der Waals surface area (Å²) in [5.74, 6) is -0.759. The third-order valence-corrected chi connectivity index (χ3v) is 4.58. The van der Waals surface area contributed by atoms with Gasteiger partial charge in [-0.2, -0.15) is 5.06 Å². The molecule has 21 heavy (non-hydrogen) atoms. The van der Waals surface area contributed by atoms with E-state index in [0.717, 1.165) is 4.47 Å². The van der Waals surface area contributed by atoms with Gasteiger partial charge >= 0.3 is 0 Å². The van der Waals surface area contributed by atoms with Gasteiger partial charge in [-0.3, -0.25) is 14.8 Å². The topological polar surface area (TPSA) is 60.9 Å². The molecule has 0 saturated carbocycles. The van der Waals surface area contributed by atoms with E-state index >= 15 is 0 Å². The number of carbonyl (C=O) groups excluding carboxylic acids is 2. The first-order valence-electron chi connectivity index (χ1n) is 6.19. The summed E-state index contributed by atoms with van der Waals surface area (Å²) in [7, 11) is 0. The second-order valence-electron chi connectivity index (χ2n) is 4.58. The molecule has 3 rings (SSSR count). The Morgan fingerprint density at radius 2 is 2.14 bits per heavy atom. The summed E-state index contributed by atoms with van der Waals surface area (Å²) in [6.45, 7) is -0.135. The highest BCUT2D eigenvalue weighted by atomic mass is 79.9. The van der Waals surface area contributed by atoms with E-state index in [2.05, 4.69) is 15.9 Å². The molecule has 0 bridgehead atoms. The van der Waals surface area contributed by atoms with Crippen LogP contribution in [-0.4, -0.2) is 33.5 Å². The molecule has 2 amide bonds. The first-order chi connectivity index (χ1) is 10.1. The molecule has 1 aliphatic heterocycles. The van der Waals surface area contributed by atoms with Crippen LogP contribution in [0.2, 0.25) is 0 Å². The van der Waals surface area contributed by atoms with Crippen molar-refractivity contribution in [1.29, 1.82) is 0 Å². The maximum atomic E-state index is 12.5. The number of hydroxylamine groups is 2. The molecule has 1 aliphatic rings. The Balaban J connectivity index is 1.99. The van der Waals surface area contributed by atoms with Crippen molar-refractivity contribution in [2.24, 2.45) is 0 Å². The van der Waals surface area contributed by atoms with Gasteiger partial charge in [-0.25, -0.2) is 0 Å². The van der Waals surface area contributed by atoms with Gasteiger partial charge in [0, 0.05) is 4.47 Å². The molecular weight excluding hydrogens is 356 g/mol. The van der Waals surface area contributed by atoms with E-state index in [9.17, 15) is 14.8 Å². The number of nitrogens with zero attached hydrogens (tertiary/aromatic N) is 2. The molecule has 7 heteroatoms. The van der Waals surface area contributed by atoms with Crippen molar-refractivity contribution in [3.63, 3.8) is 0 Å². The molecule has 108 valence electrons. The summed E-state index contributed by atoms with van der Waals surface area (Å²) in [5, 5.41) is 12.4. The van der Waals surface area contributed by atoms with Crippen molar-refractivity contribution in [3.05, 3.63) is 56.7 Å². The van der Waals surface area contributed by atoms with Crippen LogP contribution in [0.4, 0.5) is 0 Å². The van der Waals surface area contributed by atoms with Crippen LogP contribution >= 0.6 is 27.3 Å². The zero-order valence-electron chi connectivity index (χ0n) is 10.8. The van der Waals surface area contributed by atoms with Crippen molar-refractivity contribution < 1.29 is 14.8 Å². The van der Waals surface area contributed by atoms with Crippen LogP contribution < -0.4 is 0 Å². The fraction of sp³-hybridized carbons (Fsp3) is 0.143. The number of hydrogen-bond donors (Lipinski definition) is 1.